The summed E-state index contributed by atoms with van der Waals surface area (Å²) in [6.45, 7) is 4.70. The van der Waals surface area contributed by atoms with Crippen molar-refractivity contribution in [2.45, 2.75) is 25.3 Å². The number of amides is 1. The van der Waals surface area contributed by atoms with Crippen molar-refractivity contribution in [1.29, 1.82) is 0 Å². The number of rotatable bonds is 16. The third-order valence-corrected chi connectivity index (χ3v) is 3.25. The van der Waals surface area contributed by atoms with Crippen molar-refractivity contribution in [1.82, 2.24) is 21.3 Å². The summed E-state index contributed by atoms with van der Waals surface area (Å²) in [7, 11) is 5.65. The lowest BCUT2D eigenvalue weighted by Gasteiger charge is -2.16. The number of ether oxygens (including phenoxy) is 2. The van der Waals surface area contributed by atoms with Crippen LogP contribution in [0.3, 0.4) is 0 Å². The van der Waals surface area contributed by atoms with Crippen molar-refractivity contribution < 1.29 is 14.3 Å². The summed E-state index contributed by atoms with van der Waals surface area (Å²) in [4.78, 5) is 12.0. The number of carbonyl (C=O) groups excluding carboxylic acids is 1. The van der Waals surface area contributed by atoms with E-state index in [1.807, 2.05) is 21.1 Å². The van der Waals surface area contributed by atoms with Gasteiger partial charge >= 0.3 is 0 Å². The lowest BCUT2D eigenvalue weighted by molar-refractivity contribution is -0.123. The summed E-state index contributed by atoms with van der Waals surface area (Å²) >= 11 is 0. The predicted octanol–water partition coefficient (Wildman–Crippen LogP) is -0.667. The van der Waals surface area contributed by atoms with Gasteiger partial charge in [0.15, 0.2) is 0 Å². The summed E-state index contributed by atoms with van der Waals surface area (Å²) in [5.74, 6) is 0.0424. The molecule has 0 saturated heterocycles. The van der Waals surface area contributed by atoms with Crippen LogP contribution in [0.5, 0.6) is 0 Å². The van der Waals surface area contributed by atoms with Crippen LogP contribution in [0.4, 0.5) is 0 Å². The van der Waals surface area contributed by atoms with E-state index in [-0.39, 0.29) is 11.9 Å². The second-order valence-corrected chi connectivity index (χ2v) is 5.06. The molecular weight excluding hydrogens is 284 g/mol. The topological polar surface area (TPSA) is 83.7 Å². The Bertz CT molecular complexity index is 255. The van der Waals surface area contributed by atoms with Gasteiger partial charge in [-0.15, -0.1) is 0 Å². The normalized spacial score (nSPS) is 12.3. The van der Waals surface area contributed by atoms with Crippen molar-refractivity contribution in [2.75, 3.05) is 67.2 Å². The molecule has 1 unspecified atom stereocenters. The highest BCUT2D eigenvalue weighted by atomic mass is 16.5. The summed E-state index contributed by atoms with van der Waals surface area (Å²) in [6.07, 6.45) is 2.96. The zero-order chi connectivity index (χ0) is 16.5. The van der Waals surface area contributed by atoms with Gasteiger partial charge in [-0.2, -0.15) is 0 Å². The van der Waals surface area contributed by atoms with E-state index in [0.717, 1.165) is 32.4 Å². The van der Waals surface area contributed by atoms with Crippen LogP contribution >= 0.6 is 0 Å². The van der Waals surface area contributed by atoms with Crippen LogP contribution in [-0.4, -0.2) is 79.2 Å². The minimum absolute atomic E-state index is 0.0424. The second kappa shape index (κ2) is 16.6. The first-order chi connectivity index (χ1) is 10.8. The minimum Gasteiger partial charge on any atom is -0.378 e. The number of carbonyl (C=O) groups is 1. The molecule has 7 nitrogen and oxygen atoms in total. The predicted molar refractivity (Wildman–Crippen MR) is 89.2 cm³/mol. The molecule has 0 heterocycles. The van der Waals surface area contributed by atoms with E-state index in [1.54, 1.807) is 0 Å². The van der Waals surface area contributed by atoms with Gasteiger partial charge in [0.2, 0.25) is 5.91 Å². The molecule has 0 aromatic carbocycles. The van der Waals surface area contributed by atoms with E-state index in [4.69, 9.17) is 9.47 Å². The highest BCUT2D eigenvalue weighted by molar-refractivity contribution is 5.81. The molecule has 0 saturated carbocycles. The molecule has 0 radical (unpaired) electrons. The van der Waals surface area contributed by atoms with Crippen LogP contribution in [0.15, 0.2) is 0 Å². The Labute approximate surface area is 134 Å². The number of nitrogens with one attached hydrogen (secondary N) is 4. The lowest BCUT2D eigenvalue weighted by Crippen LogP contribution is -2.43. The zero-order valence-corrected chi connectivity index (χ0v) is 14.4. The number of hydrogen-bond donors (Lipinski definition) is 4. The minimum atomic E-state index is -0.123. The second-order valence-electron chi connectivity index (χ2n) is 5.06. The lowest BCUT2D eigenvalue weighted by atomic mass is 10.1. The van der Waals surface area contributed by atoms with Crippen LogP contribution < -0.4 is 21.3 Å². The molecule has 0 fully saturated rings. The summed E-state index contributed by atoms with van der Waals surface area (Å²) in [5, 5.41) is 12.1. The van der Waals surface area contributed by atoms with E-state index in [0.29, 0.717) is 33.0 Å². The van der Waals surface area contributed by atoms with Gasteiger partial charge in [0.05, 0.1) is 32.5 Å². The van der Waals surface area contributed by atoms with Crippen molar-refractivity contribution in [3.63, 3.8) is 0 Å². The molecule has 7 heteroatoms. The maximum absolute atomic E-state index is 12.0. The first kappa shape index (κ1) is 21.3. The van der Waals surface area contributed by atoms with Gasteiger partial charge in [-0.1, -0.05) is 6.42 Å². The average Bonchev–Trinajstić information content (AvgIpc) is 2.53. The molecule has 4 N–H and O–H groups in total. The first-order valence-corrected chi connectivity index (χ1v) is 8.16. The van der Waals surface area contributed by atoms with Gasteiger partial charge < -0.3 is 30.7 Å². The van der Waals surface area contributed by atoms with Crippen LogP contribution in [0, 0.1) is 0 Å². The number of unbranched alkanes of at least 4 members (excludes halogenated alkanes) is 1. The molecule has 132 valence electrons. The molecule has 0 aliphatic carbocycles. The maximum atomic E-state index is 12.0. The standard InChI is InChI=1S/C15H34N4O3/c1-16-7-5-4-6-14(18-3)15(20)19-9-11-22-13-12-21-10-8-17-2/h14,16-18H,4-13H2,1-3H3,(H,19,20). The Morgan fingerprint density at radius 3 is 2.09 bits per heavy atom. The van der Waals surface area contributed by atoms with Crippen LogP contribution in [0.1, 0.15) is 19.3 Å². The number of hydrogen-bond acceptors (Lipinski definition) is 6. The fourth-order valence-electron chi connectivity index (χ4n) is 1.92. The third-order valence-electron chi connectivity index (χ3n) is 3.25. The van der Waals surface area contributed by atoms with Crippen molar-refractivity contribution in [2.24, 2.45) is 0 Å². The summed E-state index contributed by atoms with van der Waals surface area (Å²) in [6, 6.07) is -0.123. The summed E-state index contributed by atoms with van der Waals surface area (Å²) < 4.78 is 10.7. The Kier molecular flexibility index (Phi) is 16.1. The zero-order valence-electron chi connectivity index (χ0n) is 14.4. The van der Waals surface area contributed by atoms with Gasteiger partial charge in [0, 0.05) is 13.1 Å². The SMILES string of the molecule is CNCCCCC(NC)C(=O)NCCOCCOCCNC. The summed E-state index contributed by atoms with van der Waals surface area (Å²) in [5.41, 5.74) is 0. The monoisotopic (exact) mass is 318 g/mol. The molecule has 0 rings (SSSR count). The molecule has 1 amide bonds. The fraction of sp³-hybridized carbons (Fsp3) is 0.933. The van der Waals surface area contributed by atoms with E-state index >= 15 is 0 Å². The molecule has 22 heavy (non-hydrogen) atoms. The Morgan fingerprint density at radius 1 is 0.864 bits per heavy atom. The molecule has 0 aliphatic rings. The first-order valence-electron chi connectivity index (χ1n) is 8.16. The molecule has 0 aromatic heterocycles. The Balaban J connectivity index is 3.48. The quantitative estimate of drug-likeness (QED) is 0.283. The molecule has 0 aromatic rings. The molecule has 0 aliphatic heterocycles. The highest BCUT2D eigenvalue weighted by Gasteiger charge is 2.14. The fourth-order valence-corrected chi connectivity index (χ4v) is 1.92. The molecule has 0 bridgehead atoms. The van der Waals surface area contributed by atoms with E-state index in [1.165, 1.54) is 0 Å². The largest absolute Gasteiger partial charge is 0.378 e. The van der Waals surface area contributed by atoms with E-state index in [2.05, 4.69) is 21.3 Å². The molecular formula is C15H34N4O3. The van der Waals surface area contributed by atoms with Gasteiger partial charge in [-0.05, 0) is 40.5 Å². The third kappa shape index (κ3) is 13.0. The molecule has 1 atom stereocenters. The van der Waals surface area contributed by atoms with Gasteiger partial charge in [-0.3, -0.25) is 4.79 Å². The van der Waals surface area contributed by atoms with Gasteiger partial charge in [0.25, 0.3) is 0 Å². The Hall–Kier alpha value is -0.730. The van der Waals surface area contributed by atoms with Crippen molar-refractivity contribution in [3.8, 4) is 0 Å². The van der Waals surface area contributed by atoms with Crippen LogP contribution in [-0.2, 0) is 14.3 Å². The number of likely N-dealkylation sites (N-methyl/N-ethyl adjacent to an activating group) is 2. The average molecular weight is 318 g/mol. The Morgan fingerprint density at radius 2 is 1.50 bits per heavy atom. The van der Waals surface area contributed by atoms with Gasteiger partial charge in [0.1, 0.15) is 0 Å². The van der Waals surface area contributed by atoms with Gasteiger partial charge in [-0.25, -0.2) is 0 Å². The van der Waals surface area contributed by atoms with Crippen LogP contribution in [0.2, 0.25) is 0 Å². The van der Waals surface area contributed by atoms with Crippen molar-refractivity contribution in [3.05, 3.63) is 0 Å². The van der Waals surface area contributed by atoms with Crippen LogP contribution in [0.25, 0.3) is 0 Å². The van der Waals surface area contributed by atoms with E-state index < -0.39 is 0 Å². The highest BCUT2D eigenvalue weighted by Crippen LogP contribution is 2.00. The smallest absolute Gasteiger partial charge is 0.237 e. The van der Waals surface area contributed by atoms with Crippen molar-refractivity contribution >= 4 is 5.91 Å². The van der Waals surface area contributed by atoms with E-state index in [9.17, 15) is 4.79 Å². The maximum Gasteiger partial charge on any atom is 0.237 e. The molecule has 0 spiro atoms.